The van der Waals surface area contributed by atoms with Gasteiger partial charge in [-0.25, -0.2) is 19.5 Å². The van der Waals surface area contributed by atoms with Crippen LogP contribution in [0.2, 0.25) is 0 Å². The third-order valence-corrected chi connectivity index (χ3v) is 14.6. The largest absolute Gasteiger partial charge is 0.497 e. The van der Waals surface area contributed by atoms with Gasteiger partial charge in [0.25, 0.3) is 20.3 Å². The summed E-state index contributed by atoms with van der Waals surface area (Å²) in [7, 11) is 1.55. The lowest BCUT2D eigenvalue weighted by atomic mass is 9.80. The molecule has 14 nitrogen and oxygen atoms in total. The summed E-state index contributed by atoms with van der Waals surface area (Å²) in [5.74, 6) is 0.389. The molecule has 2 amide bonds. The number of imide groups is 1. The second-order valence-electron chi connectivity index (χ2n) is 17.7. The van der Waals surface area contributed by atoms with Crippen molar-refractivity contribution in [3.63, 3.8) is 0 Å². The molecule has 1 fully saturated rings. The average Bonchev–Trinajstić information content (AvgIpc) is 4.03. The summed E-state index contributed by atoms with van der Waals surface area (Å²) < 4.78 is 43.6. The molecule has 0 aliphatic carbocycles. The standard InChI is InChI=1S/C56H59N6O8P/c1-38(2)62(39(3)4)71(68-33-17-32-57)70-48-34-50(60-37-59-51-52(60)40(5)35-58-53(51)61(54(63)41-18-11-8-12-19-41)55(64)42-20-13-9-14-21-42)69-49(48)36-67-56(43-22-15-10-16-23-43,44-24-28-46(65-6)29-25-44)45-26-30-47(66-7)31-27-45/h8-16,18-31,35,37-39,48-50H,17,33-34,36H2,1-7H3/t48-,49-,50-,71?/m1/s1. The molecule has 4 atom stereocenters. The summed E-state index contributed by atoms with van der Waals surface area (Å²) in [4.78, 5) is 39.6. The highest BCUT2D eigenvalue weighted by molar-refractivity contribution is 7.44. The number of pyridine rings is 1. The number of rotatable bonds is 20. The molecule has 8 rings (SSSR count). The summed E-state index contributed by atoms with van der Waals surface area (Å²) >= 11 is 0. The Morgan fingerprint density at radius 3 is 1.80 bits per heavy atom. The number of nitrogens with zero attached hydrogens (tertiary/aromatic N) is 6. The zero-order chi connectivity index (χ0) is 50.1. The van der Waals surface area contributed by atoms with Crippen LogP contribution in [0.25, 0.3) is 11.0 Å². The number of imidazole rings is 1. The SMILES string of the molecule is COc1ccc(C(OC[C@H]2O[C@@H](n3cnc4c(N(C(=O)c5ccccc5)C(=O)c5ccccc5)ncc(C)c43)C[C@H]2OP(OCCC#N)N(C(C)C)C(C)C)(c2ccccc2)c2ccc(OC)cc2)cc1. The van der Waals surface area contributed by atoms with Crippen LogP contribution in [-0.2, 0) is 24.1 Å². The zero-order valence-electron chi connectivity index (χ0n) is 41.0. The van der Waals surface area contributed by atoms with Crippen molar-refractivity contribution < 1.29 is 37.6 Å². The van der Waals surface area contributed by atoms with E-state index in [1.54, 1.807) is 75.3 Å². The fourth-order valence-electron chi connectivity index (χ4n) is 9.11. The molecule has 0 radical (unpaired) electrons. The van der Waals surface area contributed by atoms with Crippen LogP contribution in [0.3, 0.4) is 0 Å². The number of ether oxygens (including phenoxy) is 4. The lowest BCUT2D eigenvalue weighted by Crippen LogP contribution is -2.39. The topological polar surface area (TPSA) is 151 Å². The fourth-order valence-corrected chi connectivity index (χ4v) is 10.9. The van der Waals surface area contributed by atoms with E-state index >= 15 is 0 Å². The van der Waals surface area contributed by atoms with E-state index in [-0.39, 0.29) is 37.5 Å². The minimum absolute atomic E-state index is 0.0400. The first kappa shape index (κ1) is 50.6. The van der Waals surface area contributed by atoms with Crippen molar-refractivity contribution in [3.05, 3.63) is 185 Å². The molecule has 0 spiro atoms. The van der Waals surface area contributed by atoms with E-state index in [1.165, 1.54) is 0 Å². The summed E-state index contributed by atoms with van der Waals surface area (Å²) in [6.45, 7) is 10.5. The molecule has 71 heavy (non-hydrogen) atoms. The van der Waals surface area contributed by atoms with Crippen LogP contribution < -0.4 is 14.4 Å². The van der Waals surface area contributed by atoms with Crippen LogP contribution in [0.1, 0.15) is 89.7 Å². The number of amides is 2. The maximum absolute atomic E-state index is 14.4. The minimum Gasteiger partial charge on any atom is -0.497 e. The Bertz CT molecular complexity index is 2810. The second kappa shape index (κ2) is 22.9. The Balaban J connectivity index is 1.24. The number of fused-ring (bicyclic) bond motifs is 1. The van der Waals surface area contributed by atoms with Crippen LogP contribution >= 0.6 is 8.53 Å². The highest BCUT2D eigenvalue weighted by atomic mass is 31.2. The van der Waals surface area contributed by atoms with Crippen molar-refractivity contribution in [2.45, 2.75) is 83.6 Å². The van der Waals surface area contributed by atoms with Gasteiger partial charge in [-0.1, -0.05) is 91.0 Å². The fraction of sp³-hybridized carbons (Fsp3) is 0.304. The molecule has 1 unspecified atom stereocenters. The highest BCUT2D eigenvalue weighted by Crippen LogP contribution is 2.51. The van der Waals surface area contributed by atoms with Gasteiger partial charge in [-0.2, -0.15) is 5.26 Å². The van der Waals surface area contributed by atoms with Crippen molar-refractivity contribution in [3.8, 4) is 17.6 Å². The molecule has 0 N–H and O–H groups in total. The van der Waals surface area contributed by atoms with Crippen molar-refractivity contribution in [1.29, 1.82) is 5.26 Å². The number of aromatic nitrogens is 3. The summed E-state index contributed by atoms with van der Waals surface area (Å²) in [6.07, 6.45) is 1.86. The first-order valence-corrected chi connectivity index (χ1v) is 24.8. The third-order valence-electron chi connectivity index (χ3n) is 12.4. The Hall–Kier alpha value is -6.82. The number of carbonyl (C=O) groups is 2. The highest BCUT2D eigenvalue weighted by Gasteiger charge is 2.45. The lowest BCUT2D eigenvalue weighted by Gasteiger charge is -2.39. The van der Waals surface area contributed by atoms with Crippen LogP contribution in [0.4, 0.5) is 5.82 Å². The molecular weight excluding hydrogens is 916 g/mol. The van der Waals surface area contributed by atoms with Crippen molar-refractivity contribution >= 4 is 37.2 Å². The molecular formula is C56H59N6O8P. The number of carbonyl (C=O) groups excluding carboxylic acids is 2. The first-order chi connectivity index (χ1) is 34.5. The van der Waals surface area contributed by atoms with Crippen LogP contribution in [0.15, 0.2) is 152 Å². The van der Waals surface area contributed by atoms with Gasteiger partial charge < -0.3 is 32.6 Å². The van der Waals surface area contributed by atoms with Gasteiger partial charge in [0, 0.05) is 35.8 Å². The number of methoxy groups -OCH3 is 2. The molecule has 0 saturated carbocycles. The van der Waals surface area contributed by atoms with Crippen molar-refractivity contribution in [1.82, 2.24) is 19.2 Å². The second-order valence-corrected chi connectivity index (χ2v) is 19.1. The van der Waals surface area contributed by atoms with Gasteiger partial charge in [-0.15, -0.1) is 0 Å². The van der Waals surface area contributed by atoms with Gasteiger partial charge in [0.2, 0.25) is 0 Å². The van der Waals surface area contributed by atoms with Crippen molar-refractivity contribution in [2.75, 3.05) is 32.3 Å². The number of aryl methyl sites for hydroxylation is 1. The van der Waals surface area contributed by atoms with Gasteiger partial charge in [0.15, 0.2) is 5.82 Å². The van der Waals surface area contributed by atoms with E-state index in [1.807, 2.05) is 102 Å². The predicted octanol–water partition coefficient (Wildman–Crippen LogP) is 11.2. The summed E-state index contributed by atoms with van der Waals surface area (Å²) in [5.41, 5.74) is 3.76. The molecule has 15 heteroatoms. The number of hydrogen-bond acceptors (Lipinski definition) is 12. The van der Waals surface area contributed by atoms with E-state index in [4.69, 9.17) is 38.0 Å². The zero-order valence-corrected chi connectivity index (χ0v) is 41.9. The quantitative estimate of drug-likeness (QED) is 0.0309. The molecule has 2 aromatic heterocycles. The Morgan fingerprint density at radius 1 is 0.775 bits per heavy atom. The average molecular weight is 975 g/mol. The van der Waals surface area contributed by atoms with Crippen LogP contribution in [0.5, 0.6) is 11.5 Å². The van der Waals surface area contributed by atoms with E-state index in [2.05, 4.69) is 38.4 Å². The first-order valence-electron chi connectivity index (χ1n) is 23.7. The van der Waals surface area contributed by atoms with Crippen molar-refractivity contribution in [2.24, 2.45) is 0 Å². The summed E-state index contributed by atoms with van der Waals surface area (Å²) in [6, 6.07) is 45.3. The number of benzene rings is 5. The van der Waals surface area contributed by atoms with Gasteiger partial charge in [-0.05, 0) is 105 Å². The van der Waals surface area contributed by atoms with Gasteiger partial charge in [0.1, 0.15) is 34.9 Å². The van der Waals surface area contributed by atoms with Gasteiger partial charge >= 0.3 is 0 Å². The molecule has 1 aliphatic heterocycles. The summed E-state index contributed by atoms with van der Waals surface area (Å²) in [5, 5.41) is 9.55. The molecule has 3 heterocycles. The van der Waals surface area contributed by atoms with E-state index in [0.717, 1.165) is 27.2 Å². The predicted molar refractivity (Wildman–Crippen MR) is 273 cm³/mol. The maximum atomic E-state index is 14.4. The smallest absolute Gasteiger partial charge is 0.266 e. The van der Waals surface area contributed by atoms with Crippen LogP contribution in [-0.4, -0.2) is 82.7 Å². The molecule has 1 saturated heterocycles. The number of hydrogen-bond donors (Lipinski definition) is 0. The van der Waals surface area contributed by atoms with Gasteiger partial charge in [0.05, 0.1) is 57.9 Å². The van der Waals surface area contributed by atoms with E-state index in [0.29, 0.717) is 40.1 Å². The Kier molecular flexibility index (Phi) is 16.3. The molecule has 366 valence electrons. The Morgan fingerprint density at radius 2 is 1.30 bits per heavy atom. The molecule has 5 aromatic carbocycles. The number of anilines is 1. The Labute approximate surface area is 416 Å². The maximum Gasteiger partial charge on any atom is 0.266 e. The molecule has 1 aliphatic rings. The lowest BCUT2D eigenvalue weighted by molar-refractivity contribution is -0.0911. The van der Waals surface area contributed by atoms with Crippen LogP contribution in [0, 0.1) is 18.3 Å². The monoisotopic (exact) mass is 974 g/mol. The normalized spacial score (nSPS) is 16.3. The van der Waals surface area contributed by atoms with E-state index < -0.39 is 44.4 Å². The molecule has 7 aromatic rings. The number of nitriles is 1. The third kappa shape index (κ3) is 10.8. The van der Waals surface area contributed by atoms with Gasteiger partial charge in [-0.3, -0.25) is 9.59 Å². The van der Waals surface area contributed by atoms with E-state index in [9.17, 15) is 14.9 Å². The minimum atomic E-state index is -1.72. The molecule has 0 bridgehead atoms.